The fourth-order valence-corrected chi connectivity index (χ4v) is 3.87. The highest BCUT2D eigenvalue weighted by molar-refractivity contribution is 5.79. The van der Waals surface area contributed by atoms with Crippen LogP contribution in [0.1, 0.15) is 56.4 Å². The molecule has 0 bridgehead atoms. The van der Waals surface area contributed by atoms with Crippen molar-refractivity contribution >= 4 is 11.6 Å². The van der Waals surface area contributed by atoms with Crippen molar-refractivity contribution in [3.63, 3.8) is 0 Å². The second-order valence-electron chi connectivity index (χ2n) is 6.83. The zero-order chi connectivity index (χ0) is 15.5. The maximum absolute atomic E-state index is 12.3. The molecule has 0 aromatic heterocycles. The normalized spacial score (nSPS) is 31.9. The quantitative estimate of drug-likeness (QED) is 0.751. The van der Waals surface area contributed by atoms with Crippen LogP contribution in [0.3, 0.4) is 0 Å². The van der Waals surface area contributed by atoms with E-state index in [4.69, 9.17) is 5.73 Å². The van der Waals surface area contributed by atoms with Crippen molar-refractivity contribution in [3.05, 3.63) is 29.8 Å². The van der Waals surface area contributed by atoms with E-state index in [0.29, 0.717) is 5.92 Å². The molecule has 3 rings (SSSR count). The SMILES string of the molecule is Nc1ccc(C2CCC(C(=O)N[C@H]3CCC[C@@H]3O)CC2)cc1. The number of carbonyl (C=O) groups excluding carboxylic acids is 1. The minimum atomic E-state index is -0.352. The van der Waals surface area contributed by atoms with Crippen LogP contribution >= 0.6 is 0 Å². The van der Waals surface area contributed by atoms with Crippen molar-refractivity contribution < 1.29 is 9.90 Å². The summed E-state index contributed by atoms with van der Waals surface area (Å²) in [4.78, 5) is 12.3. The molecule has 2 saturated carbocycles. The lowest BCUT2D eigenvalue weighted by molar-refractivity contribution is -0.127. The first-order valence-electron chi connectivity index (χ1n) is 8.47. The van der Waals surface area contributed by atoms with E-state index in [1.165, 1.54) is 5.56 Å². The van der Waals surface area contributed by atoms with Gasteiger partial charge >= 0.3 is 0 Å². The van der Waals surface area contributed by atoms with Gasteiger partial charge in [-0.3, -0.25) is 4.79 Å². The molecule has 0 heterocycles. The number of nitrogen functional groups attached to an aromatic ring is 1. The molecule has 0 unspecified atom stereocenters. The van der Waals surface area contributed by atoms with Gasteiger partial charge in [0.05, 0.1) is 12.1 Å². The van der Waals surface area contributed by atoms with Gasteiger partial charge in [0.1, 0.15) is 0 Å². The fraction of sp³-hybridized carbons (Fsp3) is 0.611. The lowest BCUT2D eigenvalue weighted by Gasteiger charge is -2.29. The van der Waals surface area contributed by atoms with E-state index in [-0.39, 0.29) is 24.0 Å². The van der Waals surface area contributed by atoms with Gasteiger partial charge in [0.2, 0.25) is 5.91 Å². The number of nitrogens with one attached hydrogen (secondary N) is 1. The van der Waals surface area contributed by atoms with Gasteiger partial charge in [-0.05, 0) is 68.6 Å². The third-order valence-corrected chi connectivity index (χ3v) is 5.31. The molecule has 4 heteroatoms. The van der Waals surface area contributed by atoms with E-state index >= 15 is 0 Å². The summed E-state index contributed by atoms with van der Waals surface area (Å²) in [6.45, 7) is 0. The van der Waals surface area contributed by atoms with Gasteiger partial charge in [-0.1, -0.05) is 12.1 Å². The van der Waals surface area contributed by atoms with E-state index in [0.717, 1.165) is 50.6 Å². The standard InChI is InChI=1S/C18H26N2O2/c19-15-10-8-13(9-11-15)12-4-6-14(7-5-12)18(22)20-16-2-1-3-17(16)21/h8-12,14,16-17,21H,1-7,19H2,(H,20,22)/t12?,14?,16-,17-/m0/s1. The Balaban J connectivity index is 1.50. The highest BCUT2D eigenvalue weighted by Gasteiger charge is 2.31. The molecule has 2 aliphatic rings. The molecular formula is C18H26N2O2. The largest absolute Gasteiger partial charge is 0.399 e. The van der Waals surface area contributed by atoms with Crippen LogP contribution < -0.4 is 11.1 Å². The first kappa shape index (κ1) is 15.3. The molecule has 1 amide bonds. The number of rotatable bonds is 3. The molecule has 0 radical (unpaired) electrons. The summed E-state index contributed by atoms with van der Waals surface area (Å²) >= 11 is 0. The highest BCUT2D eigenvalue weighted by atomic mass is 16.3. The number of nitrogens with two attached hydrogens (primary N) is 1. The lowest BCUT2D eigenvalue weighted by atomic mass is 9.78. The molecular weight excluding hydrogens is 276 g/mol. The predicted molar refractivity (Wildman–Crippen MR) is 87.3 cm³/mol. The monoisotopic (exact) mass is 302 g/mol. The molecule has 2 atom stereocenters. The van der Waals surface area contributed by atoms with Gasteiger partial charge in [0.15, 0.2) is 0 Å². The number of aliphatic hydroxyl groups excluding tert-OH is 1. The molecule has 22 heavy (non-hydrogen) atoms. The Hall–Kier alpha value is -1.55. The van der Waals surface area contributed by atoms with Crippen LogP contribution in [-0.4, -0.2) is 23.2 Å². The van der Waals surface area contributed by atoms with E-state index in [1.54, 1.807) is 0 Å². The summed E-state index contributed by atoms with van der Waals surface area (Å²) in [5.41, 5.74) is 7.86. The van der Waals surface area contributed by atoms with Crippen LogP contribution in [0, 0.1) is 5.92 Å². The Morgan fingerprint density at radius 3 is 2.32 bits per heavy atom. The van der Waals surface area contributed by atoms with Gasteiger partial charge < -0.3 is 16.2 Å². The molecule has 120 valence electrons. The Morgan fingerprint density at radius 2 is 1.73 bits per heavy atom. The average Bonchev–Trinajstić information content (AvgIpc) is 2.93. The molecule has 1 aromatic rings. The Morgan fingerprint density at radius 1 is 1.05 bits per heavy atom. The van der Waals surface area contributed by atoms with Crippen LogP contribution in [0.25, 0.3) is 0 Å². The number of benzene rings is 1. The summed E-state index contributed by atoms with van der Waals surface area (Å²) in [5, 5.41) is 12.9. The topological polar surface area (TPSA) is 75.4 Å². The summed E-state index contributed by atoms with van der Waals surface area (Å²) in [6, 6.07) is 8.10. The maximum atomic E-state index is 12.3. The van der Waals surface area contributed by atoms with Gasteiger partial charge in [0.25, 0.3) is 0 Å². The van der Waals surface area contributed by atoms with Crippen LogP contribution in [0.5, 0.6) is 0 Å². The van der Waals surface area contributed by atoms with E-state index < -0.39 is 0 Å². The van der Waals surface area contributed by atoms with E-state index in [2.05, 4.69) is 17.4 Å². The zero-order valence-electron chi connectivity index (χ0n) is 13.0. The van der Waals surface area contributed by atoms with E-state index in [9.17, 15) is 9.90 Å². The molecule has 4 nitrogen and oxygen atoms in total. The predicted octanol–water partition coefficient (Wildman–Crippen LogP) is 2.57. The number of amides is 1. The molecule has 4 N–H and O–H groups in total. The van der Waals surface area contributed by atoms with Gasteiger partial charge in [-0.25, -0.2) is 0 Å². The summed E-state index contributed by atoms with van der Waals surface area (Å²) < 4.78 is 0. The summed E-state index contributed by atoms with van der Waals surface area (Å²) in [7, 11) is 0. The average molecular weight is 302 g/mol. The number of aliphatic hydroxyl groups is 1. The Bertz CT molecular complexity index is 506. The lowest BCUT2D eigenvalue weighted by Crippen LogP contribution is -2.43. The molecule has 0 saturated heterocycles. The molecule has 0 aliphatic heterocycles. The van der Waals surface area contributed by atoms with Crippen LogP contribution in [0.15, 0.2) is 24.3 Å². The molecule has 2 aliphatic carbocycles. The first-order chi connectivity index (χ1) is 10.6. The molecule has 0 spiro atoms. The van der Waals surface area contributed by atoms with Crippen LogP contribution in [0.2, 0.25) is 0 Å². The van der Waals surface area contributed by atoms with Crippen LogP contribution in [0.4, 0.5) is 5.69 Å². The summed E-state index contributed by atoms with van der Waals surface area (Å²) in [5.74, 6) is 0.793. The summed E-state index contributed by atoms with van der Waals surface area (Å²) in [6.07, 6.45) is 6.35. The van der Waals surface area contributed by atoms with Crippen molar-refractivity contribution in [1.29, 1.82) is 0 Å². The Kier molecular flexibility index (Phi) is 4.67. The minimum absolute atomic E-state index is 0.0256. The third kappa shape index (κ3) is 3.43. The van der Waals surface area contributed by atoms with Crippen molar-refractivity contribution in [1.82, 2.24) is 5.32 Å². The fourth-order valence-electron chi connectivity index (χ4n) is 3.87. The van der Waals surface area contributed by atoms with Crippen molar-refractivity contribution in [2.75, 3.05) is 5.73 Å². The number of hydrogen-bond donors (Lipinski definition) is 3. The minimum Gasteiger partial charge on any atom is -0.399 e. The molecule has 2 fully saturated rings. The second kappa shape index (κ2) is 6.69. The van der Waals surface area contributed by atoms with Gasteiger partial charge in [-0.15, -0.1) is 0 Å². The van der Waals surface area contributed by atoms with Crippen molar-refractivity contribution in [3.8, 4) is 0 Å². The van der Waals surface area contributed by atoms with Gasteiger partial charge in [-0.2, -0.15) is 0 Å². The van der Waals surface area contributed by atoms with Crippen molar-refractivity contribution in [2.45, 2.75) is 63.0 Å². The number of anilines is 1. The van der Waals surface area contributed by atoms with Crippen LogP contribution in [-0.2, 0) is 4.79 Å². The Labute approximate surface area is 132 Å². The second-order valence-corrected chi connectivity index (χ2v) is 6.83. The zero-order valence-corrected chi connectivity index (χ0v) is 13.0. The van der Waals surface area contributed by atoms with Crippen molar-refractivity contribution in [2.24, 2.45) is 5.92 Å². The number of hydrogen-bond acceptors (Lipinski definition) is 3. The van der Waals surface area contributed by atoms with Gasteiger partial charge in [0, 0.05) is 11.6 Å². The smallest absolute Gasteiger partial charge is 0.223 e. The maximum Gasteiger partial charge on any atom is 0.223 e. The first-order valence-corrected chi connectivity index (χ1v) is 8.47. The van der Waals surface area contributed by atoms with E-state index in [1.807, 2.05) is 12.1 Å². The highest BCUT2D eigenvalue weighted by Crippen LogP contribution is 2.36. The number of carbonyl (C=O) groups is 1. The molecule has 1 aromatic carbocycles. The third-order valence-electron chi connectivity index (χ3n) is 5.31.